The van der Waals surface area contributed by atoms with Crippen LogP contribution in [0.15, 0.2) is 0 Å². The number of rotatable bonds is 8. The summed E-state index contributed by atoms with van der Waals surface area (Å²) in [5.41, 5.74) is 4.95. The molecule has 0 unspecified atom stereocenters. The van der Waals surface area contributed by atoms with Gasteiger partial charge in [-0.1, -0.05) is 13.8 Å². The number of nitrogens with two attached hydrogens (primary N) is 1. The minimum absolute atomic E-state index is 0.0341. The molecule has 0 aromatic rings. The van der Waals surface area contributed by atoms with Crippen molar-refractivity contribution in [3.8, 4) is 0 Å². The van der Waals surface area contributed by atoms with Crippen LogP contribution in [0, 0.1) is 0 Å². The smallest absolute Gasteiger partial charge is 0.234 e. The first-order valence-corrected chi connectivity index (χ1v) is 5.38. The highest BCUT2D eigenvalue weighted by Gasteiger charge is 2.07. The van der Waals surface area contributed by atoms with Gasteiger partial charge in [0, 0.05) is 19.0 Å². The Morgan fingerprint density at radius 2 is 1.87 bits per heavy atom. The lowest BCUT2D eigenvalue weighted by molar-refractivity contribution is -0.121. The van der Waals surface area contributed by atoms with Crippen molar-refractivity contribution in [2.45, 2.75) is 39.2 Å². The molecule has 0 bridgehead atoms. The van der Waals surface area contributed by atoms with E-state index in [2.05, 4.69) is 10.6 Å². The van der Waals surface area contributed by atoms with Crippen molar-refractivity contribution in [2.24, 2.45) is 5.73 Å². The summed E-state index contributed by atoms with van der Waals surface area (Å²) in [6.07, 6.45) is 2.13. The van der Waals surface area contributed by atoms with Crippen LogP contribution >= 0.6 is 0 Å². The number of nitrogens with one attached hydrogen (secondary N) is 2. The number of carbonyl (C=O) groups excluding carboxylic acids is 2. The molecule has 0 aliphatic heterocycles. The van der Waals surface area contributed by atoms with Gasteiger partial charge in [0.1, 0.15) is 0 Å². The molecule has 0 aromatic heterocycles. The quantitative estimate of drug-likeness (QED) is 0.488. The summed E-state index contributed by atoms with van der Waals surface area (Å²) in [4.78, 5) is 21.7. The second-order valence-electron chi connectivity index (χ2n) is 3.47. The number of primary amides is 1. The van der Waals surface area contributed by atoms with Crippen molar-refractivity contribution in [2.75, 3.05) is 13.1 Å². The Morgan fingerprint density at radius 3 is 2.33 bits per heavy atom. The maximum Gasteiger partial charge on any atom is 0.234 e. The average molecular weight is 215 g/mol. The summed E-state index contributed by atoms with van der Waals surface area (Å²) in [6, 6.07) is 0.246. The number of hydrogen-bond donors (Lipinski definition) is 3. The van der Waals surface area contributed by atoms with Crippen molar-refractivity contribution in [3.05, 3.63) is 0 Å². The van der Waals surface area contributed by atoms with Gasteiger partial charge in [-0.15, -0.1) is 0 Å². The van der Waals surface area contributed by atoms with E-state index in [0.717, 1.165) is 12.8 Å². The zero-order chi connectivity index (χ0) is 11.7. The third-order valence-electron chi connectivity index (χ3n) is 2.18. The fourth-order valence-electron chi connectivity index (χ4n) is 1.19. The van der Waals surface area contributed by atoms with E-state index in [9.17, 15) is 9.59 Å². The van der Waals surface area contributed by atoms with Gasteiger partial charge in [-0.05, 0) is 12.8 Å². The van der Waals surface area contributed by atoms with Crippen molar-refractivity contribution in [1.29, 1.82) is 0 Å². The Balaban J connectivity index is 3.52. The first-order chi connectivity index (χ1) is 7.10. The van der Waals surface area contributed by atoms with Crippen LogP contribution in [0.1, 0.15) is 33.1 Å². The molecule has 0 aliphatic carbocycles. The van der Waals surface area contributed by atoms with Crippen molar-refractivity contribution in [1.82, 2.24) is 10.6 Å². The lowest BCUT2D eigenvalue weighted by Gasteiger charge is -2.14. The van der Waals surface area contributed by atoms with Gasteiger partial charge in [0.05, 0.1) is 6.54 Å². The maximum atomic E-state index is 11.3. The number of carbonyl (C=O) groups is 2. The minimum Gasteiger partial charge on any atom is -0.370 e. The van der Waals surface area contributed by atoms with Crippen LogP contribution < -0.4 is 16.4 Å². The van der Waals surface area contributed by atoms with E-state index in [0.29, 0.717) is 6.54 Å². The molecular formula is C10H21N3O2. The molecule has 0 heterocycles. The van der Waals surface area contributed by atoms with Crippen LogP contribution in [0.3, 0.4) is 0 Å². The predicted molar refractivity (Wildman–Crippen MR) is 59.2 cm³/mol. The van der Waals surface area contributed by atoms with Gasteiger partial charge in [0.25, 0.3) is 0 Å². The second-order valence-corrected chi connectivity index (χ2v) is 3.47. The van der Waals surface area contributed by atoms with Gasteiger partial charge in [0.15, 0.2) is 0 Å². The molecule has 5 nitrogen and oxygen atoms in total. The number of hydrogen-bond acceptors (Lipinski definition) is 3. The summed E-state index contributed by atoms with van der Waals surface area (Å²) >= 11 is 0. The molecule has 0 aliphatic rings. The van der Waals surface area contributed by atoms with Crippen LogP contribution in [0.5, 0.6) is 0 Å². The summed E-state index contributed by atoms with van der Waals surface area (Å²) < 4.78 is 0. The summed E-state index contributed by atoms with van der Waals surface area (Å²) in [7, 11) is 0. The molecule has 0 saturated heterocycles. The van der Waals surface area contributed by atoms with Crippen LogP contribution in [-0.2, 0) is 9.59 Å². The largest absolute Gasteiger partial charge is 0.370 e. The highest BCUT2D eigenvalue weighted by atomic mass is 16.2. The maximum absolute atomic E-state index is 11.3. The van der Waals surface area contributed by atoms with E-state index in [1.807, 2.05) is 13.8 Å². The fourth-order valence-corrected chi connectivity index (χ4v) is 1.19. The highest BCUT2D eigenvalue weighted by molar-refractivity contribution is 5.78. The molecular weight excluding hydrogens is 194 g/mol. The van der Waals surface area contributed by atoms with Crippen molar-refractivity contribution in [3.63, 3.8) is 0 Å². The van der Waals surface area contributed by atoms with E-state index in [4.69, 9.17) is 5.73 Å². The zero-order valence-electron chi connectivity index (χ0n) is 9.51. The number of amides is 2. The van der Waals surface area contributed by atoms with Gasteiger partial charge < -0.3 is 16.4 Å². The van der Waals surface area contributed by atoms with Crippen molar-refractivity contribution < 1.29 is 9.59 Å². The van der Waals surface area contributed by atoms with Crippen molar-refractivity contribution >= 4 is 11.8 Å². The molecule has 0 saturated carbocycles. The third-order valence-corrected chi connectivity index (χ3v) is 2.18. The standard InChI is InChI=1S/C10H21N3O2/c1-3-8(4-2)13-10(15)7-12-6-5-9(11)14/h8,12H,3-7H2,1-2H3,(H2,11,14)(H,13,15). The first kappa shape index (κ1) is 13.9. The molecule has 0 rings (SSSR count). The van der Waals surface area contributed by atoms with E-state index in [1.165, 1.54) is 0 Å². The van der Waals surface area contributed by atoms with Crippen LogP contribution in [0.2, 0.25) is 0 Å². The van der Waals surface area contributed by atoms with E-state index >= 15 is 0 Å². The zero-order valence-corrected chi connectivity index (χ0v) is 9.51. The first-order valence-electron chi connectivity index (χ1n) is 5.38. The lowest BCUT2D eigenvalue weighted by atomic mass is 10.2. The SMILES string of the molecule is CCC(CC)NC(=O)CNCCC(N)=O. The predicted octanol–water partition coefficient (Wildman–Crippen LogP) is -0.244. The van der Waals surface area contributed by atoms with Crippen LogP contribution in [0.4, 0.5) is 0 Å². The molecule has 4 N–H and O–H groups in total. The topological polar surface area (TPSA) is 84.2 Å². The molecule has 0 fully saturated rings. The summed E-state index contributed by atoms with van der Waals surface area (Å²) in [5, 5.41) is 5.74. The Morgan fingerprint density at radius 1 is 1.27 bits per heavy atom. The fraction of sp³-hybridized carbons (Fsp3) is 0.800. The molecule has 15 heavy (non-hydrogen) atoms. The van der Waals surface area contributed by atoms with Crippen LogP contribution in [0.25, 0.3) is 0 Å². The average Bonchev–Trinajstić information content (AvgIpc) is 2.20. The van der Waals surface area contributed by atoms with E-state index in [1.54, 1.807) is 0 Å². The Labute approximate surface area is 90.8 Å². The Bertz CT molecular complexity index is 203. The Hall–Kier alpha value is -1.10. The van der Waals surface area contributed by atoms with E-state index < -0.39 is 0 Å². The molecule has 5 heteroatoms. The van der Waals surface area contributed by atoms with Gasteiger partial charge >= 0.3 is 0 Å². The third kappa shape index (κ3) is 7.93. The minimum atomic E-state index is -0.358. The lowest BCUT2D eigenvalue weighted by Crippen LogP contribution is -2.40. The van der Waals surface area contributed by atoms with Gasteiger partial charge in [-0.3, -0.25) is 9.59 Å². The second kappa shape index (κ2) is 8.23. The Kier molecular flexibility index (Phi) is 7.62. The highest BCUT2D eigenvalue weighted by Crippen LogP contribution is 1.94. The van der Waals surface area contributed by atoms with Crippen LogP contribution in [-0.4, -0.2) is 30.9 Å². The monoisotopic (exact) mass is 215 g/mol. The van der Waals surface area contributed by atoms with Gasteiger partial charge in [-0.25, -0.2) is 0 Å². The van der Waals surface area contributed by atoms with Gasteiger partial charge in [0.2, 0.25) is 11.8 Å². The summed E-state index contributed by atoms with van der Waals surface area (Å²) in [5.74, 6) is -0.393. The normalized spacial score (nSPS) is 10.3. The molecule has 0 radical (unpaired) electrons. The molecule has 0 aromatic carbocycles. The molecule has 0 spiro atoms. The van der Waals surface area contributed by atoms with E-state index in [-0.39, 0.29) is 30.8 Å². The van der Waals surface area contributed by atoms with Gasteiger partial charge in [-0.2, -0.15) is 0 Å². The molecule has 88 valence electrons. The molecule has 2 amide bonds. The molecule has 0 atom stereocenters. The summed E-state index contributed by atoms with van der Waals surface area (Å²) in [6.45, 7) is 4.76.